The van der Waals surface area contributed by atoms with Crippen molar-refractivity contribution in [2.24, 2.45) is 0 Å². The van der Waals surface area contributed by atoms with Gasteiger partial charge in [-0.1, -0.05) is 56.3 Å². The highest BCUT2D eigenvalue weighted by Crippen LogP contribution is 2.37. The first-order chi connectivity index (χ1) is 21.9. The molecule has 0 radical (unpaired) electrons. The fourth-order valence-electron chi connectivity index (χ4n) is 6.25. The summed E-state index contributed by atoms with van der Waals surface area (Å²) in [6.45, 7) is 8.68. The Balaban J connectivity index is 1.31. The first-order valence-corrected chi connectivity index (χ1v) is 15.4. The number of fused-ring (bicyclic) bond motifs is 3. The molecule has 0 spiro atoms. The maximum atomic E-state index is 6.52. The summed E-state index contributed by atoms with van der Waals surface area (Å²) >= 11 is 0. The second kappa shape index (κ2) is 11.6. The average Bonchev–Trinajstić information content (AvgIpc) is 3.56. The van der Waals surface area contributed by atoms with Crippen molar-refractivity contribution >= 4 is 21.8 Å². The Morgan fingerprint density at radius 3 is 2.38 bits per heavy atom. The van der Waals surface area contributed by atoms with Gasteiger partial charge in [-0.25, -0.2) is 9.67 Å². The van der Waals surface area contributed by atoms with E-state index in [1.165, 1.54) is 10.9 Å². The van der Waals surface area contributed by atoms with Gasteiger partial charge in [-0.3, -0.25) is 4.57 Å². The van der Waals surface area contributed by atoms with Crippen molar-refractivity contribution in [1.29, 1.82) is 0 Å². The first kappa shape index (κ1) is 28.4. The Bertz CT molecular complexity index is 2160. The topological polar surface area (TPSA) is 54.1 Å². The Morgan fingerprint density at radius 2 is 1.58 bits per heavy atom. The van der Waals surface area contributed by atoms with Crippen molar-refractivity contribution in [3.63, 3.8) is 0 Å². The van der Waals surface area contributed by atoms with Gasteiger partial charge in [0, 0.05) is 46.4 Å². The van der Waals surface area contributed by atoms with Crippen LogP contribution in [0.5, 0.6) is 17.2 Å². The van der Waals surface area contributed by atoms with E-state index in [1.54, 1.807) is 13.3 Å². The van der Waals surface area contributed by atoms with Gasteiger partial charge >= 0.3 is 0 Å². The highest BCUT2D eigenvalue weighted by molar-refractivity contribution is 6.09. The molecule has 3 heterocycles. The van der Waals surface area contributed by atoms with Gasteiger partial charge in [-0.05, 0) is 79.8 Å². The number of aromatic nitrogens is 4. The molecule has 0 aliphatic rings. The normalized spacial score (nSPS) is 12.1. The van der Waals surface area contributed by atoms with Crippen LogP contribution in [-0.2, 0) is 0 Å². The number of ether oxygens (including phenoxy) is 2. The van der Waals surface area contributed by atoms with Crippen LogP contribution in [0.4, 0.5) is 0 Å². The van der Waals surface area contributed by atoms with Crippen LogP contribution in [0.3, 0.4) is 0 Å². The summed E-state index contributed by atoms with van der Waals surface area (Å²) < 4.78 is 16.3. The van der Waals surface area contributed by atoms with Gasteiger partial charge in [0.25, 0.3) is 0 Å². The lowest BCUT2D eigenvalue weighted by Gasteiger charge is -2.11. The van der Waals surface area contributed by atoms with Crippen molar-refractivity contribution in [1.82, 2.24) is 19.3 Å². The molecular weight excluding hydrogens is 556 g/mol. The molecule has 0 amide bonds. The number of pyridine rings is 1. The molecule has 0 fully saturated rings. The van der Waals surface area contributed by atoms with Crippen LogP contribution < -0.4 is 9.47 Å². The van der Waals surface area contributed by atoms with Crippen LogP contribution in [0.1, 0.15) is 43.1 Å². The molecule has 0 aliphatic carbocycles. The quantitative estimate of drug-likeness (QED) is 0.176. The van der Waals surface area contributed by atoms with Crippen molar-refractivity contribution in [3.8, 4) is 39.9 Å². The molecule has 0 bridgehead atoms. The zero-order valence-corrected chi connectivity index (χ0v) is 26.3. The molecule has 0 aliphatic heterocycles. The van der Waals surface area contributed by atoms with E-state index in [0.29, 0.717) is 5.92 Å². The molecule has 1 atom stereocenters. The van der Waals surface area contributed by atoms with Crippen LogP contribution in [0.25, 0.3) is 44.4 Å². The molecule has 0 N–H and O–H groups in total. The predicted octanol–water partition coefficient (Wildman–Crippen LogP) is 9.96. The predicted molar refractivity (Wildman–Crippen MR) is 182 cm³/mol. The summed E-state index contributed by atoms with van der Waals surface area (Å²) in [5.41, 5.74) is 8.79. The van der Waals surface area contributed by atoms with Crippen molar-refractivity contribution in [3.05, 3.63) is 126 Å². The molecular formula is C39H36N4O2. The molecule has 7 aromatic rings. The number of hydrogen-bond acceptors (Lipinski definition) is 4. The highest BCUT2D eigenvalue weighted by Gasteiger charge is 2.18. The van der Waals surface area contributed by atoms with Crippen LogP contribution in [0, 0.1) is 13.8 Å². The Hall–Kier alpha value is -5.36. The first-order valence-electron chi connectivity index (χ1n) is 15.4. The van der Waals surface area contributed by atoms with E-state index >= 15 is 0 Å². The fourth-order valence-corrected chi connectivity index (χ4v) is 6.25. The van der Waals surface area contributed by atoms with Gasteiger partial charge in [0.2, 0.25) is 0 Å². The minimum atomic E-state index is 0.476. The number of rotatable bonds is 8. The summed E-state index contributed by atoms with van der Waals surface area (Å²) in [5.74, 6) is 3.51. The number of methoxy groups -OCH3 is 1. The monoisotopic (exact) mass is 592 g/mol. The van der Waals surface area contributed by atoms with Gasteiger partial charge in [-0.15, -0.1) is 0 Å². The molecule has 45 heavy (non-hydrogen) atoms. The molecule has 0 saturated heterocycles. The van der Waals surface area contributed by atoms with Crippen molar-refractivity contribution in [2.45, 2.75) is 40.0 Å². The Morgan fingerprint density at radius 1 is 0.756 bits per heavy atom. The van der Waals surface area contributed by atoms with E-state index in [9.17, 15) is 0 Å². The molecule has 3 aromatic heterocycles. The van der Waals surface area contributed by atoms with Crippen LogP contribution in [-0.4, -0.2) is 26.4 Å². The van der Waals surface area contributed by atoms with E-state index in [1.807, 2.05) is 47.1 Å². The van der Waals surface area contributed by atoms with E-state index in [0.717, 1.165) is 74.1 Å². The van der Waals surface area contributed by atoms with Crippen LogP contribution in [0.15, 0.2) is 109 Å². The number of aryl methyl sites for hydroxylation is 1. The molecule has 224 valence electrons. The van der Waals surface area contributed by atoms with Crippen molar-refractivity contribution < 1.29 is 9.47 Å². The van der Waals surface area contributed by atoms with Crippen molar-refractivity contribution in [2.75, 3.05) is 7.11 Å². The molecule has 4 aromatic carbocycles. The number of hydrogen-bond donors (Lipinski definition) is 0. The summed E-state index contributed by atoms with van der Waals surface area (Å²) in [7, 11) is 1.68. The lowest BCUT2D eigenvalue weighted by molar-refractivity contribution is 0.414. The van der Waals surface area contributed by atoms with Gasteiger partial charge in [0.05, 0.1) is 29.5 Å². The van der Waals surface area contributed by atoms with Crippen LogP contribution >= 0.6 is 0 Å². The summed E-state index contributed by atoms with van der Waals surface area (Å²) in [5, 5.41) is 7.24. The van der Waals surface area contributed by atoms with E-state index in [-0.39, 0.29) is 0 Å². The Labute approximate surface area is 263 Å². The largest absolute Gasteiger partial charge is 0.497 e. The minimum absolute atomic E-state index is 0.476. The van der Waals surface area contributed by atoms with Gasteiger partial charge in [0.15, 0.2) is 0 Å². The van der Waals surface area contributed by atoms with Gasteiger partial charge < -0.3 is 9.47 Å². The molecule has 7 rings (SSSR count). The Kier molecular flexibility index (Phi) is 7.34. The molecule has 6 nitrogen and oxygen atoms in total. The molecule has 6 heteroatoms. The third-order valence-electron chi connectivity index (χ3n) is 8.78. The summed E-state index contributed by atoms with van der Waals surface area (Å²) in [6.07, 6.45) is 2.87. The minimum Gasteiger partial charge on any atom is -0.497 e. The maximum absolute atomic E-state index is 6.52. The SMILES string of the molecule is CCC(C)c1ccc2c(c1)c1ccc(Oc3cccc(-n4nc(C)c(-c5ccccc5)c4C)c3)cc1n2-c1cc(OC)ccn1. The van der Waals surface area contributed by atoms with E-state index < -0.39 is 0 Å². The summed E-state index contributed by atoms with van der Waals surface area (Å²) in [4.78, 5) is 4.73. The summed E-state index contributed by atoms with van der Waals surface area (Å²) in [6, 6.07) is 35.4. The fraction of sp³-hybridized carbons (Fsp3) is 0.179. The zero-order chi connectivity index (χ0) is 31.1. The van der Waals surface area contributed by atoms with Gasteiger partial charge in [-0.2, -0.15) is 5.10 Å². The number of benzene rings is 4. The standard InChI is InChI=1S/C39H36N4O2/c1-6-25(2)29-15-18-36-35(21-29)34-17-16-33(23-37(34)42(36)38-24-31(44-5)19-20-40-38)45-32-14-10-13-30(22-32)43-27(4)39(26(3)41-43)28-11-8-7-9-12-28/h7-25H,6H2,1-5H3. The van der Waals surface area contributed by atoms with E-state index in [2.05, 4.69) is 92.9 Å². The smallest absolute Gasteiger partial charge is 0.141 e. The zero-order valence-electron chi connectivity index (χ0n) is 26.3. The third kappa shape index (κ3) is 5.12. The second-order valence-corrected chi connectivity index (χ2v) is 11.6. The van der Waals surface area contributed by atoms with Crippen LogP contribution in [0.2, 0.25) is 0 Å². The van der Waals surface area contributed by atoms with E-state index in [4.69, 9.17) is 19.6 Å². The molecule has 0 saturated carbocycles. The van der Waals surface area contributed by atoms with Gasteiger partial charge in [0.1, 0.15) is 23.1 Å². The number of nitrogens with zero attached hydrogens (tertiary/aromatic N) is 4. The second-order valence-electron chi connectivity index (χ2n) is 11.6. The lowest BCUT2D eigenvalue weighted by atomic mass is 9.97. The average molecular weight is 593 g/mol. The maximum Gasteiger partial charge on any atom is 0.141 e. The molecule has 1 unspecified atom stereocenters. The lowest BCUT2D eigenvalue weighted by Crippen LogP contribution is -2.00. The third-order valence-corrected chi connectivity index (χ3v) is 8.78. The highest BCUT2D eigenvalue weighted by atomic mass is 16.5.